The minimum Gasteiger partial charge on any atom is -0.504 e. The molecule has 1 atom stereocenters. The van der Waals surface area contributed by atoms with Crippen LogP contribution in [0.2, 0.25) is 0 Å². The van der Waals surface area contributed by atoms with E-state index in [-0.39, 0.29) is 5.75 Å². The number of aromatic hydroxyl groups is 1. The van der Waals surface area contributed by atoms with Gasteiger partial charge in [-0.05, 0) is 24.0 Å². The van der Waals surface area contributed by atoms with Gasteiger partial charge in [0.25, 0.3) is 0 Å². The maximum absolute atomic E-state index is 9.59. The third kappa shape index (κ3) is 3.94. The summed E-state index contributed by atoms with van der Waals surface area (Å²) in [6, 6.07) is 5.47. The molecule has 0 radical (unpaired) electrons. The standard InChI is InChI=1S/C12H19NO2S/c1-9(16-3)7-13-8-10-4-5-12(15-2)11(14)6-10/h4-6,9,13-14H,7-8H2,1-3H3. The number of phenolic OH excluding ortho intramolecular Hbond substituents is 1. The maximum Gasteiger partial charge on any atom is 0.160 e. The van der Waals surface area contributed by atoms with Crippen LogP contribution in [0.4, 0.5) is 0 Å². The summed E-state index contributed by atoms with van der Waals surface area (Å²) >= 11 is 1.84. The third-order valence-corrected chi connectivity index (χ3v) is 3.38. The molecule has 1 aromatic rings. The van der Waals surface area contributed by atoms with Crippen LogP contribution in [0.3, 0.4) is 0 Å². The van der Waals surface area contributed by atoms with Crippen molar-refractivity contribution in [3.05, 3.63) is 23.8 Å². The van der Waals surface area contributed by atoms with Crippen LogP contribution in [0, 0.1) is 0 Å². The summed E-state index contributed by atoms with van der Waals surface area (Å²) in [4.78, 5) is 0. The van der Waals surface area contributed by atoms with Gasteiger partial charge in [-0.1, -0.05) is 13.0 Å². The summed E-state index contributed by atoms with van der Waals surface area (Å²) in [6.45, 7) is 3.92. The third-order valence-electron chi connectivity index (χ3n) is 2.41. The lowest BCUT2D eigenvalue weighted by Crippen LogP contribution is -2.21. The Bertz CT molecular complexity index is 331. The van der Waals surface area contributed by atoms with E-state index in [4.69, 9.17) is 4.74 Å². The van der Waals surface area contributed by atoms with Crippen LogP contribution < -0.4 is 10.1 Å². The fourth-order valence-electron chi connectivity index (χ4n) is 1.35. The Kier molecular flexibility index (Phi) is 5.49. The molecule has 0 heterocycles. The first kappa shape index (κ1) is 13.2. The van der Waals surface area contributed by atoms with Crippen LogP contribution in [0.25, 0.3) is 0 Å². The molecule has 90 valence electrons. The number of benzene rings is 1. The average Bonchev–Trinajstić information content (AvgIpc) is 2.29. The van der Waals surface area contributed by atoms with Gasteiger partial charge in [0.15, 0.2) is 11.5 Å². The van der Waals surface area contributed by atoms with Gasteiger partial charge in [0.2, 0.25) is 0 Å². The van der Waals surface area contributed by atoms with Gasteiger partial charge in [-0.25, -0.2) is 0 Å². The number of methoxy groups -OCH3 is 1. The van der Waals surface area contributed by atoms with Crippen molar-refractivity contribution in [1.82, 2.24) is 5.32 Å². The second kappa shape index (κ2) is 6.66. The molecule has 0 aliphatic heterocycles. The summed E-state index contributed by atoms with van der Waals surface area (Å²) in [5.41, 5.74) is 1.06. The summed E-state index contributed by atoms with van der Waals surface area (Å²) in [7, 11) is 1.55. The van der Waals surface area contributed by atoms with Crippen LogP contribution >= 0.6 is 11.8 Å². The number of rotatable bonds is 6. The van der Waals surface area contributed by atoms with E-state index in [0.29, 0.717) is 11.0 Å². The zero-order valence-electron chi connectivity index (χ0n) is 9.99. The normalized spacial score (nSPS) is 12.4. The molecular weight excluding hydrogens is 222 g/mol. The van der Waals surface area contributed by atoms with Crippen molar-refractivity contribution in [2.24, 2.45) is 0 Å². The molecule has 16 heavy (non-hydrogen) atoms. The topological polar surface area (TPSA) is 41.5 Å². The Morgan fingerprint density at radius 1 is 1.50 bits per heavy atom. The van der Waals surface area contributed by atoms with E-state index in [2.05, 4.69) is 18.5 Å². The molecule has 0 aliphatic rings. The van der Waals surface area contributed by atoms with Gasteiger partial charge in [0, 0.05) is 18.3 Å². The lowest BCUT2D eigenvalue weighted by atomic mass is 10.2. The first-order chi connectivity index (χ1) is 7.67. The molecule has 1 unspecified atom stereocenters. The Morgan fingerprint density at radius 2 is 2.25 bits per heavy atom. The smallest absolute Gasteiger partial charge is 0.160 e. The maximum atomic E-state index is 9.59. The predicted octanol–water partition coefficient (Wildman–Crippen LogP) is 2.24. The van der Waals surface area contributed by atoms with E-state index >= 15 is 0 Å². The molecule has 1 rings (SSSR count). The largest absolute Gasteiger partial charge is 0.504 e. The molecule has 0 saturated heterocycles. The van der Waals surface area contributed by atoms with Gasteiger partial charge in [0.1, 0.15) is 0 Å². The minimum atomic E-state index is 0.194. The number of hydrogen-bond donors (Lipinski definition) is 2. The number of thioether (sulfide) groups is 1. The highest BCUT2D eigenvalue weighted by Gasteiger charge is 2.03. The van der Waals surface area contributed by atoms with Crippen LogP contribution in [-0.2, 0) is 6.54 Å². The zero-order valence-corrected chi connectivity index (χ0v) is 10.8. The van der Waals surface area contributed by atoms with Crippen LogP contribution in [0.5, 0.6) is 11.5 Å². The van der Waals surface area contributed by atoms with E-state index in [1.165, 1.54) is 0 Å². The van der Waals surface area contributed by atoms with Crippen molar-refractivity contribution in [2.45, 2.75) is 18.7 Å². The van der Waals surface area contributed by atoms with Gasteiger partial charge >= 0.3 is 0 Å². The minimum absolute atomic E-state index is 0.194. The van der Waals surface area contributed by atoms with Crippen molar-refractivity contribution in [3.63, 3.8) is 0 Å². The summed E-state index contributed by atoms with van der Waals surface area (Å²) in [5, 5.41) is 13.5. The second-order valence-electron chi connectivity index (χ2n) is 3.68. The molecule has 0 saturated carbocycles. The van der Waals surface area contributed by atoms with Crippen molar-refractivity contribution in [2.75, 3.05) is 19.9 Å². The lowest BCUT2D eigenvalue weighted by molar-refractivity contribution is 0.373. The Labute approximate surface area is 101 Å². The van der Waals surface area contributed by atoms with Crippen molar-refractivity contribution >= 4 is 11.8 Å². The first-order valence-corrected chi connectivity index (χ1v) is 6.55. The average molecular weight is 241 g/mol. The number of hydrogen-bond acceptors (Lipinski definition) is 4. The Hall–Kier alpha value is -0.870. The predicted molar refractivity (Wildman–Crippen MR) is 69.3 cm³/mol. The summed E-state index contributed by atoms with van der Waals surface area (Å²) < 4.78 is 4.99. The molecule has 0 fully saturated rings. The quantitative estimate of drug-likeness (QED) is 0.801. The SMILES string of the molecule is COc1ccc(CNCC(C)SC)cc1O. The molecule has 3 nitrogen and oxygen atoms in total. The van der Waals surface area contributed by atoms with E-state index in [0.717, 1.165) is 18.7 Å². The monoisotopic (exact) mass is 241 g/mol. The van der Waals surface area contributed by atoms with Gasteiger partial charge in [-0.3, -0.25) is 0 Å². The van der Waals surface area contributed by atoms with E-state index in [1.807, 2.05) is 17.8 Å². The fourth-order valence-corrected chi connectivity index (χ4v) is 1.63. The molecule has 0 spiro atoms. The van der Waals surface area contributed by atoms with E-state index in [9.17, 15) is 5.11 Å². The zero-order chi connectivity index (χ0) is 12.0. The Morgan fingerprint density at radius 3 is 2.81 bits per heavy atom. The first-order valence-electron chi connectivity index (χ1n) is 5.26. The summed E-state index contributed by atoms with van der Waals surface area (Å²) in [5.74, 6) is 0.709. The molecule has 0 amide bonds. The van der Waals surface area contributed by atoms with Gasteiger partial charge in [-0.15, -0.1) is 0 Å². The fraction of sp³-hybridized carbons (Fsp3) is 0.500. The molecular formula is C12H19NO2S. The highest BCUT2D eigenvalue weighted by atomic mass is 32.2. The molecule has 4 heteroatoms. The lowest BCUT2D eigenvalue weighted by Gasteiger charge is -2.10. The van der Waals surface area contributed by atoms with Crippen LogP contribution in [0.1, 0.15) is 12.5 Å². The molecule has 0 aliphatic carbocycles. The van der Waals surface area contributed by atoms with Gasteiger partial charge < -0.3 is 15.2 Å². The van der Waals surface area contributed by atoms with Crippen LogP contribution in [-0.4, -0.2) is 30.3 Å². The highest BCUT2D eigenvalue weighted by molar-refractivity contribution is 7.99. The van der Waals surface area contributed by atoms with Gasteiger partial charge in [0.05, 0.1) is 7.11 Å². The molecule has 0 bridgehead atoms. The highest BCUT2D eigenvalue weighted by Crippen LogP contribution is 2.26. The van der Waals surface area contributed by atoms with E-state index in [1.54, 1.807) is 19.2 Å². The second-order valence-corrected chi connectivity index (χ2v) is 4.96. The van der Waals surface area contributed by atoms with Gasteiger partial charge in [-0.2, -0.15) is 11.8 Å². The Balaban J connectivity index is 2.46. The number of phenols is 1. The molecule has 0 aromatic heterocycles. The number of nitrogens with one attached hydrogen (secondary N) is 1. The molecule has 1 aromatic carbocycles. The van der Waals surface area contributed by atoms with Crippen LogP contribution in [0.15, 0.2) is 18.2 Å². The van der Waals surface area contributed by atoms with E-state index < -0.39 is 0 Å². The van der Waals surface area contributed by atoms with Crippen molar-refractivity contribution in [3.8, 4) is 11.5 Å². The molecule has 2 N–H and O–H groups in total. The number of ether oxygens (including phenoxy) is 1. The van der Waals surface area contributed by atoms with Crippen molar-refractivity contribution < 1.29 is 9.84 Å². The summed E-state index contributed by atoms with van der Waals surface area (Å²) in [6.07, 6.45) is 2.10. The van der Waals surface area contributed by atoms with Crippen molar-refractivity contribution in [1.29, 1.82) is 0 Å².